The van der Waals surface area contributed by atoms with Crippen molar-refractivity contribution in [2.75, 3.05) is 33.4 Å². The molecule has 0 aromatic rings. The van der Waals surface area contributed by atoms with Gasteiger partial charge in [-0.1, -0.05) is 13.8 Å². The van der Waals surface area contributed by atoms with Crippen LogP contribution in [0.4, 0.5) is 0 Å². The molecule has 0 aliphatic carbocycles. The van der Waals surface area contributed by atoms with Gasteiger partial charge in [0.2, 0.25) is 0 Å². The normalized spacial score (nSPS) is 32.0. The second-order valence-electron chi connectivity index (χ2n) is 5.61. The summed E-state index contributed by atoms with van der Waals surface area (Å²) in [5, 5.41) is 0. The van der Waals surface area contributed by atoms with Crippen LogP contribution in [-0.4, -0.2) is 56.0 Å². The predicted molar refractivity (Wildman–Crippen MR) is 69.2 cm³/mol. The van der Waals surface area contributed by atoms with Gasteiger partial charge in [0, 0.05) is 32.7 Å². The van der Waals surface area contributed by atoms with Crippen molar-refractivity contribution >= 4 is 5.91 Å². The van der Waals surface area contributed by atoms with Crippen molar-refractivity contribution in [3.63, 3.8) is 0 Å². The van der Waals surface area contributed by atoms with E-state index in [0.29, 0.717) is 38.6 Å². The molecule has 2 atom stereocenters. The molecule has 2 fully saturated rings. The zero-order chi connectivity index (χ0) is 13.9. The van der Waals surface area contributed by atoms with Crippen molar-refractivity contribution in [1.29, 1.82) is 0 Å². The molecule has 1 N–H and O–H groups in total. The molecule has 19 heavy (non-hydrogen) atoms. The predicted octanol–water partition coefficient (Wildman–Crippen LogP) is 0.528. The lowest BCUT2D eigenvalue weighted by molar-refractivity contribution is -0.228. The van der Waals surface area contributed by atoms with Crippen molar-refractivity contribution in [3.05, 3.63) is 0 Å². The molecule has 2 aliphatic heterocycles. The monoisotopic (exact) mass is 272 g/mol. The minimum atomic E-state index is -1.17. The van der Waals surface area contributed by atoms with Crippen LogP contribution in [0.2, 0.25) is 0 Å². The van der Waals surface area contributed by atoms with Crippen LogP contribution in [0, 0.1) is 5.92 Å². The summed E-state index contributed by atoms with van der Waals surface area (Å²) in [6.07, 6.45) is 1.51. The quantitative estimate of drug-likeness (QED) is 0.809. The smallest absolute Gasteiger partial charge is 0.284 e. The van der Waals surface area contributed by atoms with Crippen LogP contribution in [0.5, 0.6) is 0 Å². The average molecular weight is 272 g/mol. The van der Waals surface area contributed by atoms with E-state index in [1.165, 1.54) is 7.11 Å². The number of nitrogens with zero attached hydrogens (tertiary/aromatic N) is 1. The molecule has 2 saturated heterocycles. The Hall–Kier alpha value is -0.690. The highest BCUT2D eigenvalue weighted by atomic mass is 16.8. The fourth-order valence-corrected chi connectivity index (χ4v) is 2.64. The first-order valence-electron chi connectivity index (χ1n) is 6.93. The molecular formula is C13H24N2O4. The summed E-state index contributed by atoms with van der Waals surface area (Å²) in [5.41, 5.74) is 2.95. The Balaban J connectivity index is 2.00. The van der Waals surface area contributed by atoms with Gasteiger partial charge >= 0.3 is 0 Å². The fraction of sp³-hybridized carbons (Fsp3) is 0.923. The van der Waals surface area contributed by atoms with E-state index in [-0.39, 0.29) is 11.9 Å². The van der Waals surface area contributed by atoms with E-state index in [1.807, 2.05) is 0 Å². The number of hydrogen-bond acceptors (Lipinski definition) is 5. The standard InChI is InChI=1S/C13H24N2O4/c1-10(2)8-11-9-13(17-3,19-14-11)12(16)15-4-6-18-7-5-15/h10-11,14H,4-9H2,1-3H3/t11-,13+/m0/s1. The number of carbonyl (C=O) groups is 1. The molecule has 0 bridgehead atoms. The molecule has 6 heteroatoms. The van der Waals surface area contributed by atoms with Gasteiger partial charge in [0.1, 0.15) is 0 Å². The van der Waals surface area contributed by atoms with Gasteiger partial charge < -0.3 is 14.4 Å². The Morgan fingerprint density at radius 1 is 1.47 bits per heavy atom. The van der Waals surface area contributed by atoms with Crippen molar-refractivity contribution in [1.82, 2.24) is 10.4 Å². The highest BCUT2D eigenvalue weighted by Crippen LogP contribution is 2.30. The zero-order valence-corrected chi connectivity index (χ0v) is 12.0. The molecule has 0 aromatic heterocycles. The summed E-state index contributed by atoms with van der Waals surface area (Å²) in [4.78, 5) is 19.8. The minimum Gasteiger partial charge on any atom is -0.378 e. The zero-order valence-electron chi connectivity index (χ0n) is 12.0. The lowest BCUT2D eigenvalue weighted by Crippen LogP contribution is -2.53. The van der Waals surface area contributed by atoms with Crippen LogP contribution in [-0.2, 0) is 19.1 Å². The highest BCUT2D eigenvalue weighted by molar-refractivity contribution is 5.84. The number of hydroxylamine groups is 1. The number of ether oxygens (including phenoxy) is 2. The second-order valence-corrected chi connectivity index (χ2v) is 5.61. The van der Waals surface area contributed by atoms with Crippen molar-refractivity contribution < 1.29 is 19.1 Å². The van der Waals surface area contributed by atoms with Gasteiger partial charge in [0.05, 0.1) is 13.2 Å². The Kier molecular flexibility index (Phi) is 4.78. The van der Waals surface area contributed by atoms with Crippen LogP contribution in [0.1, 0.15) is 26.7 Å². The van der Waals surface area contributed by atoms with Crippen LogP contribution in [0.3, 0.4) is 0 Å². The number of nitrogens with one attached hydrogen (secondary N) is 1. The third-order valence-electron chi connectivity index (χ3n) is 3.62. The van der Waals surface area contributed by atoms with Crippen LogP contribution in [0.25, 0.3) is 0 Å². The maximum atomic E-state index is 12.6. The van der Waals surface area contributed by atoms with Gasteiger partial charge in [0.25, 0.3) is 11.7 Å². The number of methoxy groups -OCH3 is 1. The van der Waals surface area contributed by atoms with Gasteiger partial charge in [0.15, 0.2) is 0 Å². The Labute approximate surface area is 114 Å². The molecule has 2 heterocycles. The molecule has 2 rings (SSSR count). The van der Waals surface area contributed by atoms with Gasteiger partial charge in [-0.2, -0.15) is 5.48 Å². The number of rotatable bonds is 4. The summed E-state index contributed by atoms with van der Waals surface area (Å²) in [6.45, 7) is 6.66. The Morgan fingerprint density at radius 3 is 2.74 bits per heavy atom. The lowest BCUT2D eigenvalue weighted by Gasteiger charge is -2.33. The number of hydrogen-bond donors (Lipinski definition) is 1. The molecule has 110 valence electrons. The van der Waals surface area contributed by atoms with E-state index in [4.69, 9.17) is 14.3 Å². The molecule has 0 radical (unpaired) electrons. The molecule has 1 amide bonds. The Bertz CT molecular complexity index is 318. The van der Waals surface area contributed by atoms with Gasteiger partial charge in [-0.25, -0.2) is 0 Å². The van der Waals surface area contributed by atoms with Crippen LogP contribution in [0.15, 0.2) is 0 Å². The third kappa shape index (κ3) is 3.25. The summed E-state index contributed by atoms with van der Waals surface area (Å²) in [5.74, 6) is -0.721. The largest absolute Gasteiger partial charge is 0.378 e. The molecule has 0 aromatic carbocycles. The van der Waals surface area contributed by atoms with Crippen molar-refractivity contribution in [2.45, 2.75) is 38.5 Å². The number of morpholine rings is 1. The maximum Gasteiger partial charge on any atom is 0.284 e. The van der Waals surface area contributed by atoms with Gasteiger partial charge in [-0.05, 0) is 12.3 Å². The van der Waals surface area contributed by atoms with E-state index in [1.54, 1.807) is 4.90 Å². The first-order valence-corrected chi connectivity index (χ1v) is 6.93. The summed E-state index contributed by atoms with van der Waals surface area (Å²) in [7, 11) is 1.53. The number of amides is 1. The molecule has 0 spiro atoms. The average Bonchev–Trinajstić information content (AvgIpc) is 2.82. The molecule has 2 aliphatic rings. The summed E-state index contributed by atoms with van der Waals surface area (Å²) < 4.78 is 10.7. The van der Waals surface area contributed by atoms with E-state index in [0.717, 1.165) is 6.42 Å². The van der Waals surface area contributed by atoms with E-state index < -0.39 is 5.79 Å². The maximum absolute atomic E-state index is 12.6. The highest BCUT2D eigenvalue weighted by Gasteiger charge is 2.50. The minimum absolute atomic E-state index is 0.0999. The molecule has 0 unspecified atom stereocenters. The summed E-state index contributed by atoms with van der Waals surface area (Å²) >= 11 is 0. The van der Waals surface area contributed by atoms with Crippen molar-refractivity contribution in [3.8, 4) is 0 Å². The SMILES string of the molecule is CO[C@]1(C(=O)N2CCOCC2)C[C@H](CC(C)C)NO1. The lowest BCUT2D eigenvalue weighted by atomic mass is 9.98. The first-order chi connectivity index (χ1) is 9.07. The van der Waals surface area contributed by atoms with E-state index >= 15 is 0 Å². The third-order valence-corrected chi connectivity index (χ3v) is 3.62. The van der Waals surface area contributed by atoms with E-state index in [2.05, 4.69) is 19.3 Å². The van der Waals surface area contributed by atoms with Crippen LogP contribution >= 0.6 is 0 Å². The molecule has 0 saturated carbocycles. The van der Waals surface area contributed by atoms with E-state index in [9.17, 15) is 4.79 Å². The molecular weight excluding hydrogens is 248 g/mol. The number of carbonyl (C=O) groups excluding carboxylic acids is 1. The molecule has 6 nitrogen and oxygen atoms in total. The van der Waals surface area contributed by atoms with Crippen LogP contribution < -0.4 is 5.48 Å². The van der Waals surface area contributed by atoms with Gasteiger partial charge in [-0.15, -0.1) is 0 Å². The Morgan fingerprint density at radius 2 is 2.16 bits per heavy atom. The summed E-state index contributed by atoms with van der Waals surface area (Å²) in [6, 6.07) is 0.157. The second kappa shape index (κ2) is 6.17. The first kappa shape index (κ1) is 14.7. The topological polar surface area (TPSA) is 60.0 Å². The van der Waals surface area contributed by atoms with Gasteiger partial charge in [-0.3, -0.25) is 9.63 Å². The fourth-order valence-electron chi connectivity index (χ4n) is 2.64. The van der Waals surface area contributed by atoms with Crippen molar-refractivity contribution in [2.24, 2.45) is 5.92 Å².